The highest BCUT2D eigenvalue weighted by atomic mass is 32.2. The number of hydrogen-bond donors (Lipinski definition) is 1. The third kappa shape index (κ3) is 8.41. The average molecular weight is 563 g/mol. The lowest BCUT2D eigenvalue weighted by molar-refractivity contribution is -0.119. The largest absolute Gasteiger partial charge is 0.494 e. The number of anilines is 1. The van der Waals surface area contributed by atoms with E-state index in [1.54, 1.807) is 78.5 Å². The molecular weight excluding hydrogens is 532 g/mol. The second kappa shape index (κ2) is 14.3. The molecule has 10 heteroatoms. The quantitative estimate of drug-likeness (QED) is 0.204. The van der Waals surface area contributed by atoms with Gasteiger partial charge in [-0.25, -0.2) is 12.8 Å². The van der Waals surface area contributed by atoms with E-state index in [1.807, 2.05) is 13.2 Å². The van der Waals surface area contributed by atoms with Gasteiger partial charge in [-0.3, -0.25) is 9.10 Å². The molecule has 3 aromatic carbocycles. The maximum Gasteiger partial charge on any atom is 0.264 e. The van der Waals surface area contributed by atoms with E-state index >= 15 is 0 Å². The average Bonchev–Trinajstić information content (AvgIpc) is 2.91. The van der Waals surface area contributed by atoms with Crippen LogP contribution in [0.2, 0.25) is 0 Å². The summed E-state index contributed by atoms with van der Waals surface area (Å²) >= 11 is 3.10. The van der Waals surface area contributed by atoms with Gasteiger partial charge in [0.15, 0.2) is 0 Å². The molecule has 198 valence electrons. The van der Waals surface area contributed by atoms with Gasteiger partial charge in [-0.2, -0.15) is 11.8 Å². The third-order valence-electron chi connectivity index (χ3n) is 5.37. The molecule has 0 unspecified atom stereocenters. The second-order valence-corrected chi connectivity index (χ2v) is 11.8. The lowest BCUT2D eigenvalue weighted by Crippen LogP contribution is -2.41. The first kappa shape index (κ1) is 28.9. The fourth-order valence-electron chi connectivity index (χ4n) is 3.45. The van der Waals surface area contributed by atoms with E-state index in [-0.39, 0.29) is 17.3 Å². The van der Waals surface area contributed by atoms with Crippen LogP contribution in [0.25, 0.3) is 0 Å². The number of carbonyl (C=O) groups is 1. The van der Waals surface area contributed by atoms with Gasteiger partial charge in [0.05, 0.1) is 17.2 Å². The number of amides is 1. The molecule has 0 radical (unpaired) electrons. The van der Waals surface area contributed by atoms with Crippen LogP contribution >= 0.6 is 23.5 Å². The number of hydrogen-bond acceptors (Lipinski definition) is 6. The number of carbonyl (C=O) groups excluding carboxylic acids is 1. The van der Waals surface area contributed by atoms with Gasteiger partial charge in [0.25, 0.3) is 10.0 Å². The molecular formula is C27H31FN2O4S3. The van der Waals surface area contributed by atoms with Gasteiger partial charge in [-0.15, -0.1) is 11.8 Å². The molecule has 3 aromatic rings. The van der Waals surface area contributed by atoms with Gasteiger partial charge in [0.1, 0.15) is 18.1 Å². The van der Waals surface area contributed by atoms with Crippen molar-refractivity contribution in [1.82, 2.24) is 5.32 Å². The standard InChI is InChI=1S/C27H31FN2O4S3/c1-3-34-23-11-9-22(10-12-23)30(37(32,33)25-15-13-24(35-2)14-16-25)19-27(31)29-17-6-18-36-20-21-7-4-5-8-26(21)28/h4-5,7-16H,3,6,17-20H2,1-2H3,(H,29,31). The fraction of sp³-hybridized carbons (Fsp3) is 0.296. The number of benzene rings is 3. The number of halogens is 1. The van der Waals surface area contributed by atoms with Crippen molar-refractivity contribution in [3.8, 4) is 5.75 Å². The van der Waals surface area contributed by atoms with Crippen LogP contribution in [-0.4, -0.2) is 46.0 Å². The van der Waals surface area contributed by atoms with Crippen molar-refractivity contribution in [2.45, 2.75) is 28.9 Å². The number of sulfonamides is 1. The first-order valence-corrected chi connectivity index (χ1v) is 15.6. The molecule has 0 saturated heterocycles. The number of rotatable bonds is 14. The number of nitrogens with zero attached hydrogens (tertiary/aromatic N) is 1. The molecule has 37 heavy (non-hydrogen) atoms. The molecule has 0 aliphatic heterocycles. The minimum Gasteiger partial charge on any atom is -0.494 e. The lowest BCUT2D eigenvalue weighted by Gasteiger charge is -2.24. The van der Waals surface area contributed by atoms with Gasteiger partial charge >= 0.3 is 0 Å². The Hall–Kier alpha value is -2.69. The van der Waals surface area contributed by atoms with Crippen LogP contribution in [0, 0.1) is 5.82 Å². The van der Waals surface area contributed by atoms with E-state index in [9.17, 15) is 17.6 Å². The van der Waals surface area contributed by atoms with E-state index < -0.39 is 15.9 Å². The summed E-state index contributed by atoms with van der Waals surface area (Å²) in [5.41, 5.74) is 1.02. The van der Waals surface area contributed by atoms with Gasteiger partial charge in [0.2, 0.25) is 5.91 Å². The first-order valence-electron chi connectivity index (χ1n) is 11.8. The van der Waals surface area contributed by atoms with E-state index in [2.05, 4.69) is 5.32 Å². The second-order valence-electron chi connectivity index (χ2n) is 7.96. The Bertz CT molecular complexity index is 1250. The van der Waals surface area contributed by atoms with Crippen LogP contribution in [-0.2, 0) is 20.6 Å². The highest BCUT2D eigenvalue weighted by molar-refractivity contribution is 7.98. The summed E-state index contributed by atoms with van der Waals surface area (Å²) in [7, 11) is -3.99. The summed E-state index contributed by atoms with van der Waals surface area (Å²) in [6, 6.07) is 19.9. The SMILES string of the molecule is CCOc1ccc(N(CC(=O)NCCCSCc2ccccc2F)S(=O)(=O)c2ccc(SC)cc2)cc1. The zero-order valence-electron chi connectivity index (χ0n) is 20.9. The van der Waals surface area contributed by atoms with Gasteiger partial charge in [0, 0.05) is 17.2 Å². The van der Waals surface area contributed by atoms with E-state index in [4.69, 9.17) is 4.74 Å². The Kier molecular flexibility index (Phi) is 11.2. The molecule has 0 atom stereocenters. The summed E-state index contributed by atoms with van der Waals surface area (Å²) < 4.78 is 47.4. The number of thioether (sulfide) groups is 2. The van der Waals surface area contributed by atoms with Crippen LogP contribution in [0.5, 0.6) is 5.75 Å². The molecule has 0 aromatic heterocycles. The van der Waals surface area contributed by atoms with Crippen molar-refractivity contribution >= 4 is 45.1 Å². The fourth-order valence-corrected chi connectivity index (χ4v) is 6.23. The van der Waals surface area contributed by atoms with Gasteiger partial charge in [-0.05, 0) is 85.5 Å². The molecule has 0 heterocycles. The maximum atomic E-state index is 13.7. The normalized spacial score (nSPS) is 11.2. The molecule has 6 nitrogen and oxygen atoms in total. The number of ether oxygens (including phenoxy) is 1. The molecule has 0 aliphatic carbocycles. The van der Waals surface area contributed by atoms with Gasteiger partial charge < -0.3 is 10.1 Å². The molecule has 0 bridgehead atoms. The van der Waals surface area contributed by atoms with Gasteiger partial charge in [-0.1, -0.05) is 18.2 Å². The Labute approximate surface area is 227 Å². The molecule has 0 fully saturated rings. The Balaban J connectivity index is 1.63. The predicted octanol–water partition coefficient (Wildman–Crippen LogP) is 5.58. The van der Waals surface area contributed by atoms with Crippen LogP contribution in [0.3, 0.4) is 0 Å². The summed E-state index contributed by atoms with van der Waals surface area (Å²) in [5.74, 6) is 1.28. The molecule has 0 aliphatic rings. The minimum atomic E-state index is -3.99. The minimum absolute atomic E-state index is 0.108. The van der Waals surface area contributed by atoms with Crippen LogP contribution < -0.4 is 14.4 Å². The smallest absolute Gasteiger partial charge is 0.264 e. The predicted molar refractivity (Wildman–Crippen MR) is 151 cm³/mol. The topological polar surface area (TPSA) is 75.7 Å². The van der Waals surface area contributed by atoms with Crippen LogP contribution in [0.1, 0.15) is 18.9 Å². The van der Waals surface area contributed by atoms with E-state index in [0.29, 0.717) is 42.3 Å². The summed E-state index contributed by atoms with van der Waals surface area (Å²) in [6.07, 6.45) is 2.59. The van der Waals surface area contributed by atoms with Crippen molar-refractivity contribution in [3.05, 3.63) is 84.2 Å². The zero-order chi connectivity index (χ0) is 26.7. The summed E-state index contributed by atoms with van der Waals surface area (Å²) in [6.45, 7) is 2.39. The highest BCUT2D eigenvalue weighted by Gasteiger charge is 2.27. The highest BCUT2D eigenvalue weighted by Crippen LogP contribution is 2.27. The van der Waals surface area contributed by atoms with E-state index in [1.165, 1.54) is 17.8 Å². The van der Waals surface area contributed by atoms with Crippen molar-refractivity contribution < 1.29 is 22.3 Å². The van der Waals surface area contributed by atoms with E-state index in [0.717, 1.165) is 15.0 Å². The Morgan fingerprint density at radius 2 is 1.73 bits per heavy atom. The first-order chi connectivity index (χ1) is 17.8. The van der Waals surface area contributed by atoms with Crippen molar-refractivity contribution in [2.24, 2.45) is 0 Å². The molecule has 3 rings (SSSR count). The zero-order valence-corrected chi connectivity index (χ0v) is 23.3. The third-order valence-corrected chi connectivity index (χ3v) is 9.00. The molecule has 0 spiro atoms. The Morgan fingerprint density at radius 3 is 2.38 bits per heavy atom. The molecule has 1 amide bonds. The lowest BCUT2D eigenvalue weighted by atomic mass is 10.2. The maximum absolute atomic E-state index is 13.7. The number of nitrogens with one attached hydrogen (secondary N) is 1. The molecule has 1 N–H and O–H groups in total. The van der Waals surface area contributed by atoms with Crippen LogP contribution in [0.15, 0.2) is 82.6 Å². The van der Waals surface area contributed by atoms with Crippen molar-refractivity contribution in [1.29, 1.82) is 0 Å². The van der Waals surface area contributed by atoms with Crippen molar-refractivity contribution in [2.75, 3.05) is 36.0 Å². The monoisotopic (exact) mass is 562 g/mol. The summed E-state index contributed by atoms with van der Waals surface area (Å²) in [5, 5.41) is 2.81. The summed E-state index contributed by atoms with van der Waals surface area (Å²) in [4.78, 5) is 13.8. The molecule has 0 saturated carbocycles. The Morgan fingerprint density at radius 1 is 1.03 bits per heavy atom. The van der Waals surface area contributed by atoms with Crippen molar-refractivity contribution in [3.63, 3.8) is 0 Å². The van der Waals surface area contributed by atoms with Crippen LogP contribution in [0.4, 0.5) is 10.1 Å².